The van der Waals surface area contributed by atoms with Crippen LogP contribution in [0.15, 0.2) is 36.7 Å². The van der Waals surface area contributed by atoms with Crippen LogP contribution in [-0.4, -0.2) is 16.0 Å². The second-order valence-corrected chi connectivity index (χ2v) is 5.55. The number of nitrogens with zero attached hydrogens (tertiary/aromatic N) is 2. The van der Waals surface area contributed by atoms with E-state index in [-0.39, 0.29) is 0 Å². The summed E-state index contributed by atoms with van der Waals surface area (Å²) in [6.45, 7) is 2.16. The van der Waals surface area contributed by atoms with Gasteiger partial charge < -0.3 is 10.6 Å². The molecule has 21 heavy (non-hydrogen) atoms. The molecule has 0 radical (unpaired) electrons. The van der Waals surface area contributed by atoms with Gasteiger partial charge in [0.25, 0.3) is 0 Å². The van der Waals surface area contributed by atoms with Crippen LogP contribution < -0.4 is 10.6 Å². The molecule has 1 fully saturated rings. The fourth-order valence-corrected chi connectivity index (χ4v) is 2.87. The van der Waals surface area contributed by atoms with E-state index in [2.05, 4.69) is 45.7 Å². The van der Waals surface area contributed by atoms with Gasteiger partial charge in [0, 0.05) is 17.8 Å². The Bertz CT molecular complexity index is 591. The van der Waals surface area contributed by atoms with Crippen molar-refractivity contribution in [3.05, 3.63) is 42.2 Å². The van der Waals surface area contributed by atoms with Crippen LogP contribution >= 0.6 is 0 Å². The lowest BCUT2D eigenvalue weighted by Crippen LogP contribution is -2.15. The van der Waals surface area contributed by atoms with E-state index >= 15 is 0 Å². The van der Waals surface area contributed by atoms with E-state index in [4.69, 9.17) is 0 Å². The molecule has 1 aliphatic carbocycles. The van der Waals surface area contributed by atoms with E-state index in [0.717, 1.165) is 23.7 Å². The van der Waals surface area contributed by atoms with Gasteiger partial charge in [0.2, 0.25) is 0 Å². The van der Waals surface area contributed by atoms with E-state index in [0.29, 0.717) is 6.04 Å². The zero-order valence-electron chi connectivity index (χ0n) is 12.5. The number of nitrogens with one attached hydrogen (secondary N) is 2. The van der Waals surface area contributed by atoms with Crippen molar-refractivity contribution in [2.24, 2.45) is 0 Å². The number of hydrogen-bond acceptors (Lipinski definition) is 4. The van der Waals surface area contributed by atoms with Gasteiger partial charge in [-0.1, -0.05) is 38.0 Å². The molecule has 110 valence electrons. The normalized spacial score (nSPS) is 15.1. The molecule has 1 heterocycles. The Morgan fingerprint density at radius 2 is 1.86 bits per heavy atom. The Kier molecular flexibility index (Phi) is 4.34. The molecule has 4 heteroatoms. The molecule has 0 saturated heterocycles. The number of hydrogen-bond donors (Lipinski definition) is 2. The van der Waals surface area contributed by atoms with Crippen molar-refractivity contribution >= 4 is 17.3 Å². The maximum atomic E-state index is 4.32. The van der Waals surface area contributed by atoms with Gasteiger partial charge in [0.05, 0.1) is 0 Å². The lowest BCUT2D eigenvalue weighted by atomic mass is 10.1. The van der Waals surface area contributed by atoms with Gasteiger partial charge in [0.15, 0.2) is 0 Å². The first-order valence-electron chi connectivity index (χ1n) is 7.78. The Labute approximate surface area is 126 Å². The van der Waals surface area contributed by atoms with Gasteiger partial charge in [-0.05, 0) is 30.9 Å². The molecule has 1 saturated carbocycles. The first-order chi connectivity index (χ1) is 10.3. The number of aromatic nitrogens is 2. The van der Waals surface area contributed by atoms with E-state index in [1.165, 1.54) is 31.2 Å². The Morgan fingerprint density at radius 3 is 2.67 bits per heavy atom. The van der Waals surface area contributed by atoms with E-state index in [1.807, 2.05) is 12.1 Å². The number of aryl methyl sites for hydroxylation is 1. The second-order valence-electron chi connectivity index (χ2n) is 5.55. The molecule has 0 aliphatic heterocycles. The molecule has 0 unspecified atom stereocenters. The highest BCUT2D eigenvalue weighted by atomic mass is 15.1. The van der Waals surface area contributed by atoms with Crippen molar-refractivity contribution in [3.8, 4) is 0 Å². The van der Waals surface area contributed by atoms with Crippen LogP contribution in [0.2, 0.25) is 0 Å². The summed E-state index contributed by atoms with van der Waals surface area (Å²) in [6, 6.07) is 10.9. The summed E-state index contributed by atoms with van der Waals surface area (Å²) in [5, 5.41) is 6.90. The Balaban J connectivity index is 1.73. The average molecular weight is 282 g/mol. The topological polar surface area (TPSA) is 49.8 Å². The maximum absolute atomic E-state index is 4.32. The third kappa shape index (κ3) is 3.51. The average Bonchev–Trinajstić information content (AvgIpc) is 3.01. The molecule has 2 N–H and O–H groups in total. The fourth-order valence-electron chi connectivity index (χ4n) is 2.87. The van der Waals surface area contributed by atoms with Gasteiger partial charge >= 0.3 is 0 Å². The van der Waals surface area contributed by atoms with Crippen molar-refractivity contribution in [3.63, 3.8) is 0 Å². The SMILES string of the molecule is CCc1ccccc1Nc1cc(NC2CCCC2)ncn1. The van der Waals surface area contributed by atoms with Crippen molar-refractivity contribution in [2.45, 2.75) is 45.1 Å². The zero-order chi connectivity index (χ0) is 14.5. The van der Waals surface area contributed by atoms with Gasteiger partial charge in [-0.25, -0.2) is 9.97 Å². The summed E-state index contributed by atoms with van der Waals surface area (Å²) in [5.74, 6) is 1.75. The van der Waals surface area contributed by atoms with Gasteiger partial charge in [-0.15, -0.1) is 0 Å². The van der Waals surface area contributed by atoms with Crippen LogP contribution in [0.5, 0.6) is 0 Å². The standard InChI is InChI=1S/C17H22N4/c1-2-13-7-3-6-10-15(13)21-17-11-16(18-12-19-17)20-14-8-4-5-9-14/h3,6-7,10-12,14H,2,4-5,8-9H2,1H3,(H2,18,19,20,21). The minimum atomic E-state index is 0.565. The molecule has 1 aromatic heterocycles. The monoisotopic (exact) mass is 282 g/mol. The van der Waals surface area contributed by atoms with E-state index < -0.39 is 0 Å². The van der Waals surface area contributed by atoms with Gasteiger partial charge in [-0.2, -0.15) is 0 Å². The molecule has 0 atom stereocenters. The molecule has 2 aromatic rings. The molecular weight excluding hydrogens is 260 g/mol. The number of rotatable bonds is 5. The molecule has 4 nitrogen and oxygen atoms in total. The zero-order valence-corrected chi connectivity index (χ0v) is 12.5. The minimum absolute atomic E-state index is 0.565. The quantitative estimate of drug-likeness (QED) is 0.865. The summed E-state index contributed by atoms with van der Waals surface area (Å²) in [7, 11) is 0. The largest absolute Gasteiger partial charge is 0.367 e. The predicted molar refractivity (Wildman–Crippen MR) is 87.0 cm³/mol. The third-order valence-electron chi connectivity index (χ3n) is 4.04. The van der Waals surface area contributed by atoms with Crippen LogP contribution in [-0.2, 0) is 6.42 Å². The Morgan fingerprint density at radius 1 is 1.10 bits per heavy atom. The van der Waals surface area contributed by atoms with Crippen molar-refractivity contribution < 1.29 is 0 Å². The summed E-state index contributed by atoms with van der Waals surface area (Å²) in [4.78, 5) is 8.65. The highest BCUT2D eigenvalue weighted by Crippen LogP contribution is 2.24. The number of anilines is 3. The van der Waals surface area contributed by atoms with Crippen LogP contribution in [0.4, 0.5) is 17.3 Å². The van der Waals surface area contributed by atoms with Crippen molar-refractivity contribution in [1.82, 2.24) is 9.97 Å². The molecule has 1 aromatic carbocycles. The highest BCUT2D eigenvalue weighted by Gasteiger charge is 2.15. The number of benzene rings is 1. The first-order valence-corrected chi connectivity index (χ1v) is 7.78. The van der Waals surface area contributed by atoms with Crippen molar-refractivity contribution in [1.29, 1.82) is 0 Å². The lowest BCUT2D eigenvalue weighted by Gasteiger charge is -2.14. The predicted octanol–water partition coefficient (Wildman–Crippen LogP) is 4.14. The first kappa shape index (κ1) is 13.9. The third-order valence-corrected chi connectivity index (χ3v) is 4.04. The summed E-state index contributed by atoms with van der Waals surface area (Å²) in [6.07, 6.45) is 7.74. The van der Waals surface area contributed by atoms with Crippen molar-refractivity contribution in [2.75, 3.05) is 10.6 Å². The van der Waals surface area contributed by atoms with E-state index in [9.17, 15) is 0 Å². The fraction of sp³-hybridized carbons (Fsp3) is 0.412. The molecule has 1 aliphatic rings. The molecular formula is C17H22N4. The minimum Gasteiger partial charge on any atom is -0.367 e. The highest BCUT2D eigenvalue weighted by molar-refractivity contribution is 5.62. The van der Waals surface area contributed by atoms with Gasteiger partial charge in [0.1, 0.15) is 18.0 Å². The molecule has 0 amide bonds. The molecule has 0 spiro atoms. The molecule has 0 bridgehead atoms. The van der Waals surface area contributed by atoms with Crippen LogP contribution in [0.25, 0.3) is 0 Å². The van der Waals surface area contributed by atoms with Gasteiger partial charge in [-0.3, -0.25) is 0 Å². The van der Waals surface area contributed by atoms with E-state index in [1.54, 1.807) is 6.33 Å². The lowest BCUT2D eigenvalue weighted by molar-refractivity contribution is 0.750. The number of para-hydroxylation sites is 1. The Hall–Kier alpha value is -2.10. The summed E-state index contributed by atoms with van der Waals surface area (Å²) < 4.78 is 0. The maximum Gasteiger partial charge on any atom is 0.135 e. The van der Waals surface area contributed by atoms with Crippen LogP contribution in [0, 0.1) is 0 Å². The van der Waals surface area contributed by atoms with Crippen LogP contribution in [0.3, 0.4) is 0 Å². The van der Waals surface area contributed by atoms with Crippen LogP contribution in [0.1, 0.15) is 38.2 Å². The second kappa shape index (κ2) is 6.57. The summed E-state index contributed by atoms with van der Waals surface area (Å²) >= 11 is 0. The molecule has 3 rings (SSSR count). The smallest absolute Gasteiger partial charge is 0.135 e. The summed E-state index contributed by atoms with van der Waals surface area (Å²) in [5.41, 5.74) is 2.41.